The number of sulfone groups is 1. The van der Waals surface area contributed by atoms with Crippen molar-refractivity contribution in [2.45, 2.75) is 35.9 Å². The van der Waals surface area contributed by atoms with Crippen molar-refractivity contribution in [3.8, 4) is 6.07 Å². The molecule has 2 aromatic rings. The Morgan fingerprint density at radius 3 is 2.50 bits per heavy atom. The van der Waals surface area contributed by atoms with E-state index in [1.807, 2.05) is 0 Å². The highest BCUT2D eigenvalue weighted by atomic mass is 32.2. The van der Waals surface area contributed by atoms with Gasteiger partial charge in [0, 0.05) is 0 Å². The Labute approximate surface area is 168 Å². The first-order chi connectivity index (χ1) is 13.8. The maximum Gasteiger partial charge on any atom is 0.419 e. The first-order valence-corrected chi connectivity index (χ1v) is 10.1. The number of rotatable bonds is 6. The van der Waals surface area contributed by atoms with Crippen LogP contribution in [-0.4, -0.2) is 42.2 Å². The van der Waals surface area contributed by atoms with Crippen molar-refractivity contribution in [3.63, 3.8) is 0 Å². The van der Waals surface area contributed by atoms with E-state index in [9.17, 15) is 31.1 Å². The van der Waals surface area contributed by atoms with E-state index in [4.69, 9.17) is 10.00 Å². The molecule has 2 N–H and O–H groups in total. The third kappa shape index (κ3) is 4.69. The van der Waals surface area contributed by atoms with Gasteiger partial charge < -0.3 is 15.2 Å². The van der Waals surface area contributed by atoms with Gasteiger partial charge in [-0.05, 0) is 37.3 Å². The normalized spacial score (nSPS) is 20.8. The first kappa shape index (κ1) is 21.9. The van der Waals surface area contributed by atoms with Gasteiger partial charge in [0.05, 0.1) is 28.1 Å². The van der Waals surface area contributed by atoms with Crippen molar-refractivity contribution in [1.29, 1.82) is 5.26 Å². The summed E-state index contributed by atoms with van der Waals surface area (Å²) in [5.74, 6) is -1.38. The molecule has 3 rings (SSSR count). The molecular weight excluding hydrogens is 430 g/mol. The molecule has 0 amide bonds. The van der Waals surface area contributed by atoms with Gasteiger partial charge in [-0.2, -0.15) is 18.4 Å². The average Bonchev–Trinajstić information content (AvgIpc) is 3.41. The van der Waals surface area contributed by atoms with Gasteiger partial charge in [0.15, 0.2) is 21.8 Å². The van der Waals surface area contributed by atoms with E-state index < -0.39 is 56.8 Å². The molecule has 1 aromatic heterocycles. The summed E-state index contributed by atoms with van der Waals surface area (Å²) >= 11 is 0. The number of nitrogens with one attached hydrogen (secondary N) is 1. The molecule has 2 heterocycles. The summed E-state index contributed by atoms with van der Waals surface area (Å²) in [6.07, 6.45) is -5.82. The summed E-state index contributed by atoms with van der Waals surface area (Å²) < 4.78 is 82.2. The summed E-state index contributed by atoms with van der Waals surface area (Å²) in [7, 11) is -3.99. The minimum atomic E-state index is -4.80. The molecule has 0 radical (unpaired) electrons. The molecule has 0 saturated carbocycles. The lowest BCUT2D eigenvalue weighted by atomic mass is 10.1. The van der Waals surface area contributed by atoms with Crippen LogP contribution in [0.3, 0.4) is 0 Å². The number of alkyl halides is 3. The number of pyridine rings is 1. The van der Waals surface area contributed by atoms with Crippen molar-refractivity contribution in [2.75, 3.05) is 11.1 Å². The Morgan fingerprint density at radius 2 is 1.93 bits per heavy atom. The number of benzene rings is 1. The molecule has 3 atom stereocenters. The van der Waals surface area contributed by atoms with Gasteiger partial charge in [0.25, 0.3) is 0 Å². The van der Waals surface area contributed by atoms with E-state index in [-0.39, 0.29) is 10.6 Å². The molecule has 1 fully saturated rings. The van der Waals surface area contributed by atoms with E-state index >= 15 is 0 Å². The molecule has 160 valence electrons. The molecule has 0 aliphatic carbocycles. The quantitative estimate of drug-likeness (QED) is 0.399. The molecule has 1 saturated heterocycles. The zero-order valence-electron chi connectivity index (χ0n) is 15.3. The van der Waals surface area contributed by atoms with Crippen LogP contribution in [0.4, 0.5) is 23.2 Å². The number of hydrogen-bond donors (Lipinski definition) is 2. The SMILES string of the molecule is C[C@](O)(CS(=O)(=O)c1ccc(F)cc1)C1OC1Nc1cnc(C#N)c(C(F)(F)F)c1. The van der Waals surface area contributed by atoms with Crippen LogP contribution < -0.4 is 5.32 Å². The number of nitriles is 1. The van der Waals surface area contributed by atoms with Crippen molar-refractivity contribution in [3.05, 3.63) is 53.6 Å². The van der Waals surface area contributed by atoms with Crippen molar-refractivity contribution in [2.24, 2.45) is 0 Å². The topological polar surface area (TPSA) is 116 Å². The lowest BCUT2D eigenvalue weighted by Gasteiger charge is -2.21. The molecular formula is C18H15F4N3O4S. The van der Waals surface area contributed by atoms with Gasteiger partial charge >= 0.3 is 6.18 Å². The highest BCUT2D eigenvalue weighted by Gasteiger charge is 2.53. The Morgan fingerprint density at radius 1 is 1.30 bits per heavy atom. The smallest absolute Gasteiger partial charge is 0.386 e. The largest absolute Gasteiger partial charge is 0.419 e. The molecule has 12 heteroatoms. The lowest BCUT2D eigenvalue weighted by Crippen LogP contribution is -2.41. The highest BCUT2D eigenvalue weighted by molar-refractivity contribution is 7.91. The van der Waals surface area contributed by atoms with Crippen LogP contribution in [-0.2, 0) is 20.8 Å². The third-order valence-corrected chi connectivity index (χ3v) is 6.32. The maximum atomic E-state index is 13.0. The predicted molar refractivity (Wildman–Crippen MR) is 95.3 cm³/mol. The van der Waals surface area contributed by atoms with Crippen molar-refractivity contribution >= 4 is 15.5 Å². The van der Waals surface area contributed by atoms with E-state index in [0.29, 0.717) is 6.07 Å². The van der Waals surface area contributed by atoms with Crippen LogP contribution in [0.2, 0.25) is 0 Å². The van der Waals surface area contributed by atoms with Crippen molar-refractivity contribution in [1.82, 2.24) is 4.98 Å². The zero-order chi connectivity index (χ0) is 22.3. The molecule has 30 heavy (non-hydrogen) atoms. The van der Waals surface area contributed by atoms with Crippen LogP contribution in [0.1, 0.15) is 18.2 Å². The summed E-state index contributed by atoms with van der Waals surface area (Å²) in [6.45, 7) is 1.21. The maximum absolute atomic E-state index is 13.0. The minimum Gasteiger partial charge on any atom is -0.386 e. The molecule has 7 nitrogen and oxygen atoms in total. The Hall–Kier alpha value is -2.75. The van der Waals surface area contributed by atoms with Gasteiger partial charge in [-0.25, -0.2) is 17.8 Å². The number of aromatic nitrogens is 1. The molecule has 2 unspecified atom stereocenters. The number of aliphatic hydroxyl groups is 1. The summed E-state index contributed by atoms with van der Waals surface area (Å²) in [6, 6.07) is 6.09. The van der Waals surface area contributed by atoms with Crippen molar-refractivity contribution < 1.29 is 35.8 Å². The van der Waals surface area contributed by atoms with Crippen LogP contribution in [0.15, 0.2) is 41.4 Å². The van der Waals surface area contributed by atoms with E-state index in [1.165, 1.54) is 13.0 Å². The molecule has 1 aliphatic heterocycles. The van der Waals surface area contributed by atoms with E-state index in [1.54, 1.807) is 0 Å². The van der Waals surface area contributed by atoms with Crippen LogP contribution in [0.25, 0.3) is 0 Å². The van der Waals surface area contributed by atoms with Crippen LogP contribution in [0.5, 0.6) is 0 Å². The summed E-state index contributed by atoms with van der Waals surface area (Å²) in [4.78, 5) is 3.26. The molecule has 1 aromatic carbocycles. The fraction of sp³-hybridized carbons (Fsp3) is 0.333. The predicted octanol–water partition coefficient (Wildman–Crippen LogP) is 2.47. The monoisotopic (exact) mass is 445 g/mol. The Balaban J connectivity index is 1.72. The fourth-order valence-electron chi connectivity index (χ4n) is 2.90. The Kier molecular flexibility index (Phi) is 5.48. The lowest BCUT2D eigenvalue weighted by molar-refractivity contribution is -0.138. The fourth-order valence-corrected chi connectivity index (χ4v) is 4.55. The zero-order valence-corrected chi connectivity index (χ0v) is 16.1. The van der Waals surface area contributed by atoms with Gasteiger partial charge in [-0.15, -0.1) is 0 Å². The average molecular weight is 445 g/mol. The number of halogens is 4. The van der Waals surface area contributed by atoms with Gasteiger partial charge in [-0.3, -0.25) is 0 Å². The number of epoxide rings is 1. The molecule has 0 bridgehead atoms. The molecule has 0 spiro atoms. The van der Waals surface area contributed by atoms with Gasteiger partial charge in [0.1, 0.15) is 23.6 Å². The second kappa shape index (κ2) is 7.50. The third-order valence-electron chi connectivity index (χ3n) is 4.37. The van der Waals surface area contributed by atoms with Crippen LogP contribution >= 0.6 is 0 Å². The van der Waals surface area contributed by atoms with E-state index in [0.717, 1.165) is 30.5 Å². The number of anilines is 1. The number of ether oxygens (including phenoxy) is 1. The number of hydrogen-bond acceptors (Lipinski definition) is 7. The highest BCUT2D eigenvalue weighted by Crippen LogP contribution is 2.37. The van der Waals surface area contributed by atoms with E-state index in [2.05, 4.69) is 10.3 Å². The van der Waals surface area contributed by atoms with Gasteiger partial charge in [0.2, 0.25) is 0 Å². The van der Waals surface area contributed by atoms with Gasteiger partial charge in [-0.1, -0.05) is 0 Å². The standard InChI is InChI=1S/C18H15F4N3O4S/c1-17(26,9-30(27,28)12-4-2-10(19)3-5-12)15-16(29-15)25-11-6-13(18(20,21)22)14(7-23)24-8-11/h2-6,8,15-16,25-26H,9H2,1H3/t15?,16?,17-/m0/s1. The Bertz CT molecular complexity index is 1100. The summed E-state index contributed by atoms with van der Waals surface area (Å²) in [5, 5.41) is 21.9. The molecule has 1 aliphatic rings. The second-order valence-electron chi connectivity index (χ2n) is 6.92. The minimum absolute atomic E-state index is 0.119. The van der Waals surface area contributed by atoms with Crippen LogP contribution in [0, 0.1) is 17.1 Å². The summed E-state index contributed by atoms with van der Waals surface area (Å²) in [5.41, 5.74) is -4.04. The number of nitrogens with zero attached hydrogens (tertiary/aromatic N) is 2. The second-order valence-corrected chi connectivity index (χ2v) is 8.91. The first-order valence-electron chi connectivity index (χ1n) is 8.43.